The molecule has 0 radical (unpaired) electrons. The highest BCUT2D eigenvalue weighted by Crippen LogP contribution is 2.30. The Hall–Kier alpha value is -2.90. The van der Waals surface area contributed by atoms with Gasteiger partial charge in [-0.1, -0.05) is 30.3 Å². The molecule has 164 valence electrons. The molecule has 4 rings (SSSR count). The summed E-state index contributed by atoms with van der Waals surface area (Å²) in [6.07, 6.45) is 2.06. The molecular formula is C24H29N3O4. The van der Waals surface area contributed by atoms with Crippen LogP contribution in [0.5, 0.6) is 5.75 Å². The van der Waals surface area contributed by atoms with E-state index >= 15 is 0 Å². The Morgan fingerprint density at radius 1 is 1.00 bits per heavy atom. The number of ether oxygens (including phenoxy) is 2. The number of carbonyl (C=O) groups is 1. The number of nitrogens with zero attached hydrogens (tertiary/aromatic N) is 3. The van der Waals surface area contributed by atoms with E-state index < -0.39 is 5.97 Å². The molecule has 0 unspecified atom stereocenters. The zero-order valence-electron chi connectivity index (χ0n) is 17.7. The van der Waals surface area contributed by atoms with E-state index in [2.05, 4.69) is 27.7 Å². The number of imidazole rings is 1. The molecule has 1 aromatic heterocycles. The first-order chi connectivity index (χ1) is 15.2. The first-order valence-electron chi connectivity index (χ1n) is 10.9. The topological polar surface area (TPSA) is 76.8 Å². The molecular weight excluding hydrogens is 394 g/mol. The number of benzene rings is 2. The molecule has 0 saturated carbocycles. The molecule has 0 amide bonds. The van der Waals surface area contributed by atoms with Gasteiger partial charge in [0.15, 0.2) is 0 Å². The number of carboxylic acids is 1. The van der Waals surface area contributed by atoms with Gasteiger partial charge in [-0.25, -0.2) is 9.78 Å². The van der Waals surface area contributed by atoms with Crippen molar-refractivity contribution in [3.63, 3.8) is 0 Å². The SMILES string of the molecule is O=C(O)COCCN1CCC(c2nc3ccccc3n2CCOc2ccccc2)CC1. The minimum atomic E-state index is -0.922. The molecule has 1 aliphatic rings. The molecule has 0 spiro atoms. The summed E-state index contributed by atoms with van der Waals surface area (Å²) in [5.41, 5.74) is 2.18. The average Bonchev–Trinajstić information content (AvgIpc) is 3.16. The number of hydrogen-bond donors (Lipinski definition) is 1. The summed E-state index contributed by atoms with van der Waals surface area (Å²) in [7, 11) is 0. The summed E-state index contributed by atoms with van der Waals surface area (Å²) in [6, 6.07) is 18.2. The van der Waals surface area contributed by atoms with Gasteiger partial charge in [-0.15, -0.1) is 0 Å². The molecule has 1 saturated heterocycles. The highest BCUT2D eigenvalue weighted by atomic mass is 16.5. The maximum Gasteiger partial charge on any atom is 0.329 e. The lowest BCUT2D eigenvalue weighted by atomic mass is 9.96. The standard InChI is InChI=1S/C24H29N3O4/c28-23(29)18-30-16-14-26-12-10-19(11-13-26)24-25-21-8-4-5-9-22(21)27(24)15-17-31-20-6-2-1-3-7-20/h1-9,19H,10-18H2,(H,28,29). The maximum atomic E-state index is 10.6. The highest BCUT2D eigenvalue weighted by molar-refractivity contribution is 5.76. The van der Waals surface area contributed by atoms with E-state index in [4.69, 9.17) is 19.6 Å². The van der Waals surface area contributed by atoms with Crippen LogP contribution in [0.15, 0.2) is 54.6 Å². The molecule has 7 nitrogen and oxygen atoms in total. The largest absolute Gasteiger partial charge is 0.492 e. The fourth-order valence-electron chi connectivity index (χ4n) is 4.18. The molecule has 0 bridgehead atoms. The minimum absolute atomic E-state index is 0.231. The predicted molar refractivity (Wildman–Crippen MR) is 119 cm³/mol. The Labute approximate surface area is 182 Å². The van der Waals surface area contributed by atoms with Gasteiger partial charge in [0, 0.05) is 12.5 Å². The zero-order chi connectivity index (χ0) is 21.5. The van der Waals surface area contributed by atoms with Gasteiger partial charge in [-0.2, -0.15) is 0 Å². The van der Waals surface area contributed by atoms with E-state index in [1.54, 1.807) is 0 Å². The number of fused-ring (bicyclic) bond motifs is 1. The second kappa shape index (κ2) is 10.4. The number of para-hydroxylation sites is 3. The third-order valence-corrected chi connectivity index (χ3v) is 5.74. The molecule has 1 N–H and O–H groups in total. The van der Waals surface area contributed by atoms with Crippen molar-refractivity contribution in [1.29, 1.82) is 0 Å². The van der Waals surface area contributed by atoms with Crippen molar-refractivity contribution in [1.82, 2.24) is 14.5 Å². The van der Waals surface area contributed by atoms with E-state index in [0.29, 0.717) is 19.1 Å². The van der Waals surface area contributed by atoms with Crippen molar-refractivity contribution in [2.24, 2.45) is 0 Å². The fraction of sp³-hybridized carbons (Fsp3) is 0.417. The van der Waals surface area contributed by atoms with Gasteiger partial charge in [0.25, 0.3) is 0 Å². The van der Waals surface area contributed by atoms with Gasteiger partial charge in [0.2, 0.25) is 0 Å². The molecule has 7 heteroatoms. The molecule has 31 heavy (non-hydrogen) atoms. The lowest BCUT2D eigenvalue weighted by molar-refractivity contribution is -0.142. The summed E-state index contributed by atoms with van der Waals surface area (Å²) < 4.78 is 13.4. The van der Waals surface area contributed by atoms with Crippen LogP contribution >= 0.6 is 0 Å². The Morgan fingerprint density at radius 3 is 2.52 bits per heavy atom. The highest BCUT2D eigenvalue weighted by Gasteiger charge is 2.25. The van der Waals surface area contributed by atoms with Crippen molar-refractivity contribution in [3.8, 4) is 5.75 Å². The first kappa shape index (κ1) is 21.3. The van der Waals surface area contributed by atoms with Gasteiger partial charge in [-0.05, 0) is 50.2 Å². The lowest BCUT2D eigenvalue weighted by Crippen LogP contribution is -2.36. The van der Waals surface area contributed by atoms with Crippen LogP contribution in [0, 0.1) is 0 Å². The summed E-state index contributed by atoms with van der Waals surface area (Å²) in [6.45, 7) is 4.26. The molecule has 1 aliphatic heterocycles. The maximum absolute atomic E-state index is 10.6. The van der Waals surface area contributed by atoms with E-state index in [1.165, 1.54) is 0 Å². The quantitative estimate of drug-likeness (QED) is 0.504. The van der Waals surface area contributed by atoms with E-state index in [-0.39, 0.29) is 6.61 Å². The zero-order valence-corrected chi connectivity index (χ0v) is 17.7. The summed E-state index contributed by atoms with van der Waals surface area (Å²) in [4.78, 5) is 17.9. The van der Waals surface area contributed by atoms with Crippen molar-refractivity contribution in [2.75, 3.05) is 39.5 Å². The summed E-state index contributed by atoms with van der Waals surface area (Å²) >= 11 is 0. The smallest absolute Gasteiger partial charge is 0.329 e. The lowest BCUT2D eigenvalue weighted by Gasteiger charge is -2.31. The average molecular weight is 424 g/mol. The minimum Gasteiger partial charge on any atom is -0.492 e. The van der Waals surface area contributed by atoms with Crippen molar-refractivity contribution >= 4 is 17.0 Å². The van der Waals surface area contributed by atoms with E-state index in [9.17, 15) is 4.79 Å². The van der Waals surface area contributed by atoms with Gasteiger partial charge in [0.05, 0.1) is 24.2 Å². The third kappa shape index (κ3) is 5.62. The number of aromatic nitrogens is 2. The van der Waals surface area contributed by atoms with Crippen LogP contribution in [0.1, 0.15) is 24.6 Å². The number of carboxylic acid groups (broad SMARTS) is 1. The van der Waals surface area contributed by atoms with Crippen molar-refractivity contribution in [3.05, 3.63) is 60.4 Å². The van der Waals surface area contributed by atoms with Crippen LogP contribution in [0.4, 0.5) is 0 Å². The Bertz CT molecular complexity index is 981. The number of rotatable bonds is 10. The number of hydrogen-bond acceptors (Lipinski definition) is 5. The van der Waals surface area contributed by atoms with E-state index in [1.807, 2.05) is 36.4 Å². The van der Waals surface area contributed by atoms with Gasteiger partial charge in [-0.3, -0.25) is 0 Å². The normalized spacial score (nSPS) is 15.4. The van der Waals surface area contributed by atoms with Gasteiger partial charge >= 0.3 is 5.97 Å². The van der Waals surface area contributed by atoms with Gasteiger partial charge in [0.1, 0.15) is 24.8 Å². The van der Waals surface area contributed by atoms with Crippen molar-refractivity contribution < 1.29 is 19.4 Å². The van der Waals surface area contributed by atoms with Crippen LogP contribution < -0.4 is 4.74 Å². The van der Waals surface area contributed by atoms with E-state index in [0.717, 1.165) is 61.6 Å². The number of piperidine rings is 1. The summed E-state index contributed by atoms with van der Waals surface area (Å²) in [5, 5.41) is 8.67. The Balaban J connectivity index is 1.38. The Morgan fingerprint density at radius 2 is 1.74 bits per heavy atom. The van der Waals surface area contributed by atoms with Crippen molar-refractivity contribution in [2.45, 2.75) is 25.3 Å². The fourth-order valence-corrected chi connectivity index (χ4v) is 4.18. The Kier molecular flexibility index (Phi) is 7.17. The number of likely N-dealkylation sites (tertiary alicyclic amines) is 1. The van der Waals surface area contributed by atoms with Crippen LogP contribution in [0.3, 0.4) is 0 Å². The first-order valence-corrected chi connectivity index (χ1v) is 10.9. The van der Waals surface area contributed by atoms with Crippen LogP contribution in [-0.4, -0.2) is 65.0 Å². The molecule has 3 aromatic rings. The molecule has 0 aliphatic carbocycles. The van der Waals surface area contributed by atoms with Gasteiger partial charge < -0.3 is 24.0 Å². The second-order valence-corrected chi connectivity index (χ2v) is 7.83. The third-order valence-electron chi connectivity index (χ3n) is 5.74. The van der Waals surface area contributed by atoms with Crippen LogP contribution in [-0.2, 0) is 16.1 Å². The molecule has 2 aromatic carbocycles. The summed E-state index contributed by atoms with van der Waals surface area (Å²) in [5.74, 6) is 1.50. The molecule has 2 heterocycles. The molecule has 0 atom stereocenters. The second-order valence-electron chi connectivity index (χ2n) is 7.83. The molecule has 1 fully saturated rings. The number of aliphatic carboxylic acids is 1. The van der Waals surface area contributed by atoms with Crippen LogP contribution in [0.2, 0.25) is 0 Å². The predicted octanol–water partition coefficient (Wildman–Crippen LogP) is 3.40. The van der Waals surface area contributed by atoms with Crippen LogP contribution in [0.25, 0.3) is 11.0 Å². The monoisotopic (exact) mass is 423 g/mol.